The fraction of sp³-hybridized carbons (Fsp3) is 0.562. The van der Waals surface area contributed by atoms with Crippen LogP contribution in [0.4, 0.5) is 0 Å². The second-order valence-electron chi connectivity index (χ2n) is 6.34. The first kappa shape index (κ1) is 15.1. The van der Waals surface area contributed by atoms with Gasteiger partial charge >= 0.3 is 0 Å². The van der Waals surface area contributed by atoms with E-state index in [1.54, 1.807) is 18.2 Å². The van der Waals surface area contributed by atoms with Crippen molar-refractivity contribution in [1.29, 1.82) is 0 Å². The molecule has 0 aromatic heterocycles. The minimum absolute atomic E-state index is 0.0391. The molecule has 5 heteroatoms. The standard InChI is InChI=1S/C16H19Cl2NO2/c17-12-5-10(6-13(18)7-12)14(20)8-15(21)19-9-16(3-4-16)11-1-2-11/h5-7,11,14,20H,1-4,8-9H2,(H,19,21). The lowest BCUT2D eigenvalue weighted by Crippen LogP contribution is -2.32. The lowest BCUT2D eigenvalue weighted by molar-refractivity contribution is -0.123. The first-order valence-corrected chi connectivity index (χ1v) is 8.15. The minimum atomic E-state index is -0.878. The zero-order valence-electron chi connectivity index (χ0n) is 11.7. The molecule has 2 N–H and O–H groups in total. The Labute approximate surface area is 134 Å². The van der Waals surface area contributed by atoms with Gasteiger partial charge in [0.2, 0.25) is 5.91 Å². The van der Waals surface area contributed by atoms with Crippen LogP contribution < -0.4 is 5.32 Å². The van der Waals surface area contributed by atoms with E-state index in [1.165, 1.54) is 25.7 Å². The normalized spacial score (nSPS) is 20.9. The molecule has 2 aliphatic rings. The largest absolute Gasteiger partial charge is 0.388 e. The summed E-state index contributed by atoms with van der Waals surface area (Å²) in [7, 11) is 0. The summed E-state index contributed by atoms with van der Waals surface area (Å²) in [6.07, 6.45) is 4.22. The van der Waals surface area contributed by atoms with Crippen LogP contribution in [0, 0.1) is 11.3 Å². The van der Waals surface area contributed by atoms with Gasteiger partial charge in [0.25, 0.3) is 0 Å². The van der Waals surface area contributed by atoms with Crippen molar-refractivity contribution in [1.82, 2.24) is 5.32 Å². The summed E-state index contributed by atoms with van der Waals surface area (Å²) in [4.78, 5) is 12.0. The molecule has 0 saturated heterocycles. The van der Waals surface area contributed by atoms with Crippen molar-refractivity contribution in [2.45, 2.75) is 38.2 Å². The van der Waals surface area contributed by atoms with E-state index in [0.29, 0.717) is 21.0 Å². The predicted octanol–water partition coefficient (Wildman–Crippen LogP) is 3.72. The number of aliphatic hydroxyl groups is 1. The van der Waals surface area contributed by atoms with Crippen LogP contribution in [0.15, 0.2) is 18.2 Å². The topological polar surface area (TPSA) is 49.3 Å². The Morgan fingerprint density at radius 2 is 1.90 bits per heavy atom. The molecule has 2 saturated carbocycles. The average molecular weight is 328 g/mol. The van der Waals surface area contributed by atoms with E-state index in [2.05, 4.69) is 5.32 Å². The number of nitrogens with one attached hydrogen (secondary N) is 1. The molecular weight excluding hydrogens is 309 g/mol. The summed E-state index contributed by atoms with van der Waals surface area (Å²) >= 11 is 11.8. The van der Waals surface area contributed by atoms with E-state index < -0.39 is 6.10 Å². The quantitative estimate of drug-likeness (QED) is 0.836. The van der Waals surface area contributed by atoms with Crippen LogP contribution >= 0.6 is 23.2 Å². The molecule has 0 aliphatic heterocycles. The van der Waals surface area contributed by atoms with Gasteiger partial charge in [0.1, 0.15) is 0 Å². The van der Waals surface area contributed by atoms with Crippen molar-refractivity contribution in [3.63, 3.8) is 0 Å². The maximum absolute atomic E-state index is 12.0. The van der Waals surface area contributed by atoms with Gasteiger partial charge in [0, 0.05) is 16.6 Å². The summed E-state index contributed by atoms with van der Waals surface area (Å²) in [6.45, 7) is 0.750. The van der Waals surface area contributed by atoms with Crippen molar-refractivity contribution < 1.29 is 9.90 Å². The van der Waals surface area contributed by atoms with Gasteiger partial charge in [-0.15, -0.1) is 0 Å². The highest BCUT2D eigenvalue weighted by Crippen LogP contribution is 2.60. The molecule has 0 bridgehead atoms. The third-order valence-electron chi connectivity index (χ3n) is 4.62. The maximum Gasteiger partial charge on any atom is 0.222 e. The molecule has 21 heavy (non-hydrogen) atoms. The van der Waals surface area contributed by atoms with Crippen LogP contribution in [0.3, 0.4) is 0 Å². The van der Waals surface area contributed by atoms with Gasteiger partial charge < -0.3 is 10.4 Å². The Morgan fingerprint density at radius 3 is 2.43 bits per heavy atom. The second-order valence-corrected chi connectivity index (χ2v) is 7.21. The van der Waals surface area contributed by atoms with Crippen LogP contribution in [0.25, 0.3) is 0 Å². The predicted molar refractivity (Wildman–Crippen MR) is 83.4 cm³/mol. The molecule has 0 radical (unpaired) electrons. The van der Waals surface area contributed by atoms with Crippen LogP contribution in [0.5, 0.6) is 0 Å². The summed E-state index contributed by atoms with van der Waals surface area (Å²) < 4.78 is 0. The number of amides is 1. The maximum atomic E-state index is 12.0. The summed E-state index contributed by atoms with van der Waals surface area (Å²) in [5.41, 5.74) is 0.950. The molecule has 0 spiro atoms. The molecule has 1 aromatic carbocycles. The van der Waals surface area contributed by atoms with Gasteiger partial charge in [-0.2, -0.15) is 0 Å². The van der Waals surface area contributed by atoms with Crippen LogP contribution in [-0.4, -0.2) is 17.6 Å². The van der Waals surface area contributed by atoms with E-state index in [1.807, 2.05) is 0 Å². The summed E-state index contributed by atoms with van der Waals surface area (Å²) in [6, 6.07) is 4.88. The summed E-state index contributed by atoms with van der Waals surface area (Å²) in [5, 5.41) is 14.0. The minimum Gasteiger partial charge on any atom is -0.388 e. The molecule has 2 aliphatic carbocycles. The Balaban J connectivity index is 1.51. The number of aliphatic hydroxyl groups excluding tert-OH is 1. The molecule has 3 rings (SSSR count). The lowest BCUT2D eigenvalue weighted by Gasteiger charge is -2.16. The smallest absolute Gasteiger partial charge is 0.222 e. The van der Waals surface area contributed by atoms with Crippen molar-refractivity contribution >= 4 is 29.1 Å². The Bertz CT molecular complexity index is 533. The second kappa shape index (κ2) is 5.79. The molecule has 0 heterocycles. The van der Waals surface area contributed by atoms with E-state index in [0.717, 1.165) is 12.5 Å². The third kappa shape index (κ3) is 3.71. The van der Waals surface area contributed by atoms with Crippen molar-refractivity contribution in [3.05, 3.63) is 33.8 Å². The highest BCUT2D eigenvalue weighted by Gasteiger charge is 2.53. The Kier molecular flexibility index (Phi) is 4.17. The molecular formula is C16H19Cl2NO2. The number of rotatable bonds is 6. The monoisotopic (exact) mass is 327 g/mol. The van der Waals surface area contributed by atoms with Crippen LogP contribution in [-0.2, 0) is 4.79 Å². The van der Waals surface area contributed by atoms with E-state index in [9.17, 15) is 9.90 Å². The number of hydrogen-bond donors (Lipinski definition) is 2. The summed E-state index contributed by atoms with van der Waals surface area (Å²) in [5.74, 6) is 0.694. The van der Waals surface area contributed by atoms with Gasteiger partial charge in [0.05, 0.1) is 12.5 Å². The van der Waals surface area contributed by atoms with Gasteiger partial charge in [0.15, 0.2) is 0 Å². The molecule has 2 fully saturated rings. The van der Waals surface area contributed by atoms with Crippen LogP contribution in [0.1, 0.15) is 43.8 Å². The zero-order valence-corrected chi connectivity index (χ0v) is 13.3. The number of halogens is 2. The number of benzene rings is 1. The van der Waals surface area contributed by atoms with E-state index in [-0.39, 0.29) is 12.3 Å². The van der Waals surface area contributed by atoms with E-state index >= 15 is 0 Å². The van der Waals surface area contributed by atoms with Crippen LogP contribution in [0.2, 0.25) is 10.0 Å². The molecule has 3 nitrogen and oxygen atoms in total. The van der Waals surface area contributed by atoms with Gasteiger partial charge in [-0.25, -0.2) is 0 Å². The van der Waals surface area contributed by atoms with Crippen molar-refractivity contribution in [2.24, 2.45) is 11.3 Å². The molecule has 1 atom stereocenters. The Morgan fingerprint density at radius 1 is 1.29 bits per heavy atom. The fourth-order valence-electron chi connectivity index (χ4n) is 2.99. The van der Waals surface area contributed by atoms with Gasteiger partial charge in [-0.1, -0.05) is 23.2 Å². The molecule has 114 valence electrons. The first-order valence-electron chi connectivity index (χ1n) is 7.39. The van der Waals surface area contributed by atoms with Crippen molar-refractivity contribution in [2.75, 3.05) is 6.54 Å². The molecule has 1 amide bonds. The highest BCUT2D eigenvalue weighted by atomic mass is 35.5. The van der Waals surface area contributed by atoms with Gasteiger partial charge in [-0.3, -0.25) is 4.79 Å². The van der Waals surface area contributed by atoms with Crippen molar-refractivity contribution in [3.8, 4) is 0 Å². The Hall–Kier alpha value is -0.770. The SMILES string of the molecule is O=C(CC(O)c1cc(Cl)cc(Cl)c1)NCC1(C2CC2)CC1. The van der Waals surface area contributed by atoms with Gasteiger partial charge in [-0.05, 0) is 60.8 Å². The fourth-order valence-corrected chi connectivity index (χ4v) is 3.54. The third-order valence-corrected chi connectivity index (χ3v) is 5.06. The highest BCUT2D eigenvalue weighted by molar-refractivity contribution is 6.34. The number of carbonyl (C=O) groups is 1. The van der Waals surface area contributed by atoms with E-state index in [4.69, 9.17) is 23.2 Å². The first-order chi connectivity index (χ1) is 9.98. The molecule has 1 unspecified atom stereocenters. The number of hydrogen-bond acceptors (Lipinski definition) is 2. The molecule has 1 aromatic rings. The zero-order chi connectivity index (χ0) is 15.0. The lowest BCUT2D eigenvalue weighted by atomic mass is 10.0. The average Bonchev–Trinajstić information content (AvgIpc) is 3.26. The number of carbonyl (C=O) groups excluding carboxylic acids is 1.